The van der Waals surface area contributed by atoms with E-state index in [4.69, 9.17) is 0 Å². The second-order valence-corrected chi connectivity index (χ2v) is 1.82. The van der Waals surface area contributed by atoms with Crippen molar-refractivity contribution in [2.24, 2.45) is 15.0 Å². The fourth-order valence-electron chi connectivity index (χ4n) is 0.700. The number of hydrogen-bond donors (Lipinski definition) is 0. The Morgan fingerprint density at radius 2 is 2.09 bits per heavy atom. The molecule has 11 heavy (non-hydrogen) atoms. The Labute approximate surface area is 60.3 Å². The topological polar surface area (TPSA) is 80.5 Å². The minimum absolute atomic E-state index is 0.0602. The van der Waals surface area contributed by atoms with Crippen molar-refractivity contribution in [3.8, 4) is 0 Å². The van der Waals surface area contributed by atoms with Crippen molar-refractivity contribution >= 4 is 29.9 Å². The van der Waals surface area contributed by atoms with E-state index in [1.54, 1.807) is 0 Å². The Bertz CT molecular complexity index is 339. The molecule has 0 bridgehead atoms. The van der Waals surface area contributed by atoms with Crippen LogP contribution in [0.5, 0.6) is 0 Å². The molecule has 2 aliphatic heterocycles. The maximum absolute atomic E-state index is 10.5. The summed E-state index contributed by atoms with van der Waals surface area (Å²) in [6.45, 7) is 0. The lowest BCUT2D eigenvalue weighted by atomic mass is 10.4. The van der Waals surface area contributed by atoms with Crippen LogP contribution >= 0.6 is 0 Å². The van der Waals surface area contributed by atoms with Crippen LogP contribution in [-0.4, -0.2) is 29.9 Å². The van der Waals surface area contributed by atoms with E-state index < -0.39 is 12.1 Å². The lowest BCUT2D eigenvalue weighted by Gasteiger charge is -1.96. The van der Waals surface area contributed by atoms with E-state index in [0.717, 1.165) is 6.21 Å². The molecule has 0 saturated carbocycles. The van der Waals surface area contributed by atoms with Crippen LogP contribution in [0.15, 0.2) is 15.0 Å². The van der Waals surface area contributed by atoms with Crippen LogP contribution in [-0.2, 0) is 4.74 Å². The number of carbonyl (C=O) groups is 2. The van der Waals surface area contributed by atoms with Gasteiger partial charge in [-0.1, -0.05) is 0 Å². The molecule has 6 heteroatoms. The van der Waals surface area contributed by atoms with Gasteiger partial charge in [-0.25, -0.2) is 9.59 Å². The summed E-state index contributed by atoms with van der Waals surface area (Å²) in [7, 11) is 0. The third kappa shape index (κ3) is 0.841. The lowest BCUT2D eigenvalue weighted by molar-refractivity contribution is 0.212. The predicted octanol–water partition coefficient (Wildman–Crippen LogP) is 0.181. The van der Waals surface area contributed by atoms with Gasteiger partial charge in [0.2, 0.25) is 0 Å². The summed E-state index contributed by atoms with van der Waals surface area (Å²) < 4.78 is 4.43. The maximum Gasteiger partial charge on any atom is 0.441 e. The van der Waals surface area contributed by atoms with Crippen molar-refractivity contribution in [1.82, 2.24) is 0 Å². The van der Waals surface area contributed by atoms with Crippen LogP contribution in [0.25, 0.3) is 0 Å². The number of fused-ring (bicyclic) bond motifs is 1. The number of carbonyl (C=O) groups excluding carboxylic acids is 2. The first-order chi connectivity index (χ1) is 5.25. The van der Waals surface area contributed by atoms with E-state index in [-0.39, 0.29) is 11.6 Å². The quantitative estimate of drug-likeness (QED) is 0.495. The summed E-state index contributed by atoms with van der Waals surface area (Å²) in [5.74, 6) is -0.0602. The Kier molecular flexibility index (Phi) is 0.974. The van der Waals surface area contributed by atoms with Gasteiger partial charge in [-0.2, -0.15) is 15.0 Å². The molecule has 0 aromatic carbocycles. The number of amides is 3. The molecule has 6 nitrogen and oxygen atoms in total. The number of aliphatic imine (C=N–C) groups is 3. The number of urea groups is 1. The molecule has 3 amide bonds. The van der Waals surface area contributed by atoms with Crippen LogP contribution < -0.4 is 0 Å². The summed E-state index contributed by atoms with van der Waals surface area (Å²) in [5, 5.41) is 0. The summed E-state index contributed by atoms with van der Waals surface area (Å²) in [4.78, 5) is 30.9. The van der Waals surface area contributed by atoms with Crippen molar-refractivity contribution in [2.75, 3.05) is 0 Å². The first kappa shape index (κ1) is 5.90. The predicted molar refractivity (Wildman–Crippen MR) is 35.2 cm³/mol. The molecule has 0 radical (unpaired) electrons. The first-order valence-corrected chi connectivity index (χ1v) is 2.73. The molecule has 0 aromatic rings. The fraction of sp³-hybridized carbons (Fsp3) is 0. The average Bonchev–Trinajstić information content (AvgIpc) is 2.27. The maximum atomic E-state index is 10.5. The number of ether oxygens (including phenoxy) is 1. The van der Waals surface area contributed by atoms with Crippen LogP contribution in [0.2, 0.25) is 0 Å². The van der Waals surface area contributed by atoms with Gasteiger partial charge in [-0.3, -0.25) is 0 Å². The van der Waals surface area contributed by atoms with E-state index in [1.165, 1.54) is 0 Å². The number of hydrogen-bond acceptors (Lipinski definition) is 3. The molecule has 0 aromatic heterocycles. The van der Waals surface area contributed by atoms with Crippen molar-refractivity contribution in [2.45, 2.75) is 0 Å². The Hall–Kier alpha value is -1.85. The fourth-order valence-corrected chi connectivity index (χ4v) is 0.700. The zero-order valence-electron chi connectivity index (χ0n) is 5.14. The largest absolute Gasteiger partial charge is 0.441 e. The monoisotopic (exact) mass is 151 g/mol. The highest BCUT2D eigenvalue weighted by Crippen LogP contribution is 2.05. The SMILES string of the molecule is O=C1N=CC2=NC(=O)OC2=N1. The van der Waals surface area contributed by atoms with Gasteiger partial charge in [-0.15, -0.1) is 0 Å². The molecule has 0 saturated heterocycles. The van der Waals surface area contributed by atoms with Gasteiger partial charge < -0.3 is 4.74 Å². The van der Waals surface area contributed by atoms with E-state index in [1.807, 2.05) is 0 Å². The summed E-state index contributed by atoms with van der Waals surface area (Å²) in [6.07, 6.45) is 0.384. The van der Waals surface area contributed by atoms with Gasteiger partial charge in [0.1, 0.15) is 0 Å². The lowest BCUT2D eigenvalue weighted by Crippen LogP contribution is -2.18. The molecule has 0 N–H and O–H groups in total. The van der Waals surface area contributed by atoms with E-state index in [9.17, 15) is 9.59 Å². The van der Waals surface area contributed by atoms with Gasteiger partial charge in [0.25, 0.3) is 5.90 Å². The highest BCUT2D eigenvalue weighted by Gasteiger charge is 2.26. The van der Waals surface area contributed by atoms with Crippen molar-refractivity contribution in [1.29, 1.82) is 0 Å². The zero-order chi connectivity index (χ0) is 7.84. The molecule has 0 unspecified atom stereocenters. The summed E-state index contributed by atoms with van der Waals surface area (Å²) in [6, 6.07) is -0.686. The van der Waals surface area contributed by atoms with E-state index in [2.05, 4.69) is 19.7 Å². The highest BCUT2D eigenvalue weighted by atomic mass is 16.6. The summed E-state index contributed by atoms with van der Waals surface area (Å²) >= 11 is 0. The average molecular weight is 151 g/mol. The van der Waals surface area contributed by atoms with Crippen LogP contribution in [0.3, 0.4) is 0 Å². The summed E-state index contributed by atoms with van der Waals surface area (Å²) in [5.41, 5.74) is 0.203. The minimum Gasteiger partial charge on any atom is -0.387 e. The molecule has 2 aliphatic rings. The molecule has 2 rings (SSSR count). The van der Waals surface area contributed by atoms with Crippen LogP contribution in [0.1, 0.15) is 0 Å². The molecule has 54 valence electrons. The Morgan fingerprint density at radius 3 is 2.91 bits per heavy atom. The molecular formula is C5HN3O3. The van der Waals surface area contributed by atoms with E-state index in [0.29, 0.717) is 0 Å². The molecule has 0 aliphatic carbocycles. The van der Waals surface area contributed by atoms with Gasteiger partial charge >= 0.3 is 12.1 Å². The molecule has 0 spiro atoms. The second kappa shape index (κ2) is 1.82. The van der Waals surface area contributed by atoms with Crippen LogP contribution in [0, 0.1) is 0 Å². The van der Waals surface area contributed by atoms with Gasteiger partial charge in [-0.05, 0) is 0 Å². The normalized spacial score (nSPS) is 20.7. The van der Waals surface area contributed by atoms with Crippen LogP contribution in [0.4, 0.5) is 9.59 Å². The molecule has 2 heterocycles. The van der Waals surface area contributed by atoms with Gasteiger partial charge in [0, 0.05) is 0 Å². The third-order valence-electron chi connectivity index (χ3n) is 1.11. The highest BCUT2D eigenvalue weighted by molar-refractivity contribution is 6.66. The smallest absolute Gasteiger partial charge is 0.387 e. The van der Waals surface area contributed by atoms with Crippen molar-refractivity contribution in [3.05, 3.63) is 0 Å². The number of rotatable bonds is 0. The molecule has 0 atom stereocenters. The van der Waals surface area contributed by atoms with Gasteiger partial charge in [0.05, 0.1) is 6.21 Å². The van der Waals surface area contributed by atoms with E-state index >= 15 is 0 Å². The molecule has 0 fully saturated rings. The number of nitrogens with zero attached hydrogens (tertiary/aromatic N) is 3. The van der Waals surface area contributed by atoms with Crippen molar-refractivity contribution in [3.63, 3.8) is 0 Å². The van der Waals surface area contributed by atoms with Crippen molar-refractivity contribution < 1.29 is 14.3 Å². The molecular weight excluding hydrogens is 150 g/mol. The zero-order valence-corrected chi connectivity index (χ0v) is 5.14. The van der Waals surface area contributed by atoms with Gasteiger partial charge in [0.15, 0.2) is 5.71 Å². The minimum atomic E-state index is -0.764. The first-order valence-electron chi connectivity index (χ1n) is 2.73. The third-order valence-corrected chi connectivity index (χ3v) is 1.11. The standard InChI is InChI=1S/C5HN3O3/c9-4-6-1-2-3(8-4)11-5(10)7-2/h1H. The Balaban J connectivity index is 2.47. The second-order valence-electron chi connectivity index (χ2n) is 1.82. The Morgan fingerprint density at radius 1 is 1.27 bits per heavy atom.